The molecule has 1 aromatic rings. The van der Waals surface area contributed by atoms with Crippen LogP contribution in [0.25, 0.3) is 0 Å². The Kier molecular flexibility index (Phi) is 4.00. The molecule has 1 saturated heterocycles. The van der Waals surface area contributed by atoms with Gasteiger partial charge in [-0.1, -0.05) is 28.1 Å². The average Bonchev–Trinajstić information content (AvgIpc) is 2.22. The first-order valence-corrected chi connectivity index (χ1v) is 6.52. The monoisotopic (exact) mass is 283 g/mol. The van der Waals surface area contributed by atoms with E-state index in [1.165, 1.54) is 16.5 Å². The zero-order valence-electron chi connectivity index (χ0n) is 9.63. The molecule has 1 aliphatic heterocycles. The smallest absolute Gasteiger partial charge is 0.0462 e. The Morgan fingerprint density at radius 1 is 1.44 bits per heavy atom. The van der Waals surface area contributed by atoms with Gasteiger partial charge >= 0.3 is 0 Å². The lowest BCUT2D eigenvalue weighted by Gasteiger charge is -2.43. The van der Waals surface area contributed by atoms with Gasteiger partial charge in [0.1, 0.15) is 0 Å². The van der Waals surface area contributed by atoms with E-state index in [1.807, 2.05) is 0 Å². The van der Waals surface area contributed by atoms with Crippen LogP contribution in [0.1, 0.15) is 18.4 Å². The molecule has 3 heteroatoms. The molecule has 0 aliphatic carbocycles. The zero-order chi connectivity index (χ0) is 11.4. The molecule has 0 saturated carbocycles. The van der Waals surface area contributed by atoms with Gasteiger partial charge in [-0.3, -0.25) is 0 Å². The summed E-state index contributed by atoms with van der Waals surface area (Å²) in [5.74, 6) is 0. The molecular weight excluding hydrogens is 266 g/mol. The second kappa shape index (κ2) is 5.30. The van der Waals surface area contributed by atoms with Crippen LogP contribution in [-0.4, -0.2) is 26.8 Å². The second-order valence-corrected chi connectivity index (χ2v) is 5.41. The molecule has 1 fully saturated rings. The standard InChI is InChI=1S/C13H18BrNO/c1-16-7-3-6-13(9-15-10-13)11-4-2-5-12(14)8-11/h2,4-5,8,15H,3,6-7,9-10H2,1H3. The minimum atomic E-state index is 0.336. The van der Waals surface area contributed by atoms with Crippen molar-refractivity contribution in [1.29, 1.82) is 0 Å². The number of hydrogen-bond acceptors (Lipinski definition) is 2. The molecule has 0 bridgehead atoms. The molecule has 1 heterocycles. The third kappa shape index (κ3) is 2.47. The molecule has 0 atom stereocenters. The van der Waals surface area contributed by atoms with E-state index in [2.05, 4.69) is 45.5 Å². The molecule has 88 valence electrons. The van der Waals surface area contributed by atoms with Crippen molar-refractivity contribution in [2.75, 3.05) is 26.8 Å². The quantitative estimate of drug-likeness (QED) is 0.839. The van der Waals surface area contributed by atoms with E-state index in [0.29, 0.717) is 5.41 Å². The molecule has 2 rings (SSSR count). The number of rotatable bonds is 5. The van der Waals surface area contributed by atoms with Gasteiger partial charge in [0.2, 0.25) is 0 Å². The number of hydrogen-bond donors (Lipinski definition) is 1. The van der Waals surface area contributed by atoms with Gasteiger partial charge in [-0.15, -0.1) is 0 Å². The zero-order valence-corrected chi connectivity index (χ0v) is 11.2. The van der Waals surface area contributed by atoms with Crippen molar-refractivity contribution in [3.63, 3.8) is 0 Å². The third-order valence-electron chi connectivity index (χ3n) is 3.37. The summed E-state index contributed by atoms with van der Waals surface area (Å²) in [5, 5.41) is 3.39. The van der Waals surface area contributed by atoms with Crippen LogP contribution < -0.4 is 5.32 Å². The summed E-state index contributed by atoms with van der Waals surface area (Å²) in [6, 6.07) is 8.68. The van der Waals surface area contributed by atoms with E-state index in [-0.39, 0.29) is 0 Å². The minimum absolute atomic E-state index is 0.336. The van der Waals surface area contributed by atoms with Crippen molar-refractivity contribution in [1.82, 2.24) is 5.32 Å². The topological polar surface area (TPSA) is 21.3 Å². The third-order valence-corrected chi connectivity index (χ3v) is 3.86. The van der Waals surface area contributed by atoms with Gasteiger partial charge in [-0.05, 0) is 30.5 Å². The van der Waals surface area contributed by atoms with E-state index in [1.54, 1.807) is 7.11 Å². The summed E-state index contributed by atoms with van der Waals surface area (Å²) in [4.78, 5) is 0. The lowest BCUT2D eigenvalue weighted by atomic mass is 9.72. The maximum absolute atomic E-state index is 5.14. The van der Waals surface area contributed by atoms with Gasteiger partial charge in [-0.2, -0.15) is 0 Å². The van der Waals surface area contributed by atoms with Gasteiger partial charge in [0.15, 0.2) is 0 Å². The van der Waals surface area contributed by atoms with Crippen molar-refractivity contribution in [2.24, 2.45) is 0 Å². The van der Waals surface area contributed by atoms with Crippen LogP contribution >= 0.6 is 15.9 Å². The van der Waals surface area contributed by atoms with Gasteiger partial charge in [-0.25, -0.2) is 0 Å². The highest BCUT2D eigenvalue weighted by Gasteiger charge is 2.37. The SMILES string of the molecule is COCCCC1(c2cccc(Br)c2)CNC1. The molecule has 0 radical (unpaired) electrons. The van der Waals surface area contributed by atoms with Crippen LogP contribution in [0, 0.1) is 0 Å². The van der Waals surface area contributed by atoms with Gasteiger partial charge < -0.3 is 10.1 Å². The summed E-state index contributed by atoms with van der Waals surface area (Å²) in [6.45, 7) is 3.04. The van der Waals surface area contributed by atoms with E-state index in [0.717, 1.165) is 26.1 Å². The Morgan fingerprint density at radius 3 is 2.81 bits per heavy atom. The van der Waals surface area contributed by atoms with Crippen LogP contribution in [0.4, 0.5) is 0 Å². The maximum Gasteiger partial charge on any atom is 0.0462 e. The first kappa shape index (κ1) is 12.1. The first-order chi connectivity index (χ1) is 7.77. The Morgan fingerprint density at radius 2 is 2.25 bits per heavy atom. The van der Waals surface area contributed by atoms with Crippen LogP contribution in [-0.2, 0) is 10.2 Å². The highest BCUT2D eigenvalue weighted by Crippen LogP contribution is 2.34. The summed E-state index contributed by atoms with van der Waals surface area (Å²) in [7, 11) is 1.77. The van der Waals surface area contributed by atoms with Crippen molar-refractivity contribution >= 4 is 15.9 Å². The Balaban J connectivity index is 2.08. The van der Waals surface area contributed by atoms with Gasteiger partial charge in [0.05, 0.1) is 0 Å². The highest BCUT2D eigenvalue weighted by atomic mass is 79.9. The number of ether oxygens (including phenoxy) is 1. The fourth-order valence-corrected chi connectivity index (χ4v) is 2.72. The van der Waals surface area contributed by atoms with Crippen molar-refractivity contribution in [3.05, 3.63) is 34.3 Å². The van der Waals surface area contributed by atoms with E-state index in [9.17, 15) is 0 Å². The van der Waals surface area contributed by atoms with Crippen LogP contribution in [0.15, 0.2) is 28.7 Å². The molecule has 0 unspecified atom stereocenters. The Bertz CT molecular complexity index is 350. The molecular formula is C13H18BrNO. The number of nitrogens with one attached hydrogen (secondary N) is 1. The summed E-state index contributed by atoms with van der Waals surface area (Å²) < 4.78 is 6.31. The van der Waals surface area contributed by atoms with Crippen molar-refractivity contribution < 1.29 is 4.74 Å². The van der Waals surface area contributed by atoms with Crippen LogP contribution in [0.5, 0.6) is 0 Å². The molecule has 0 spiro atoms. The molecule has 1 aromatic carbocycles. The highest BCUT2D eigenvalue weighted by molar-refractivity contribution is 9.10. The van der Waals surface area contributed by atoms with Crippen LogP contribution in [0.2, 0.25) is 0 Å². The Hall–Kier alpha value is -0.380. The van der Waals surface area contributed by atoms with Gasteiger partial charge in [0.25, 0.3) is 0 Å². The molecule has 0 aromatic heterocycles. The predicted octanol–water partition coefficient (Wildman–Crippen LogP) is 2.72. The number of halogens is 1. The molecule has 1 N–H and O–H groups in total. The van der Waals surface area contributed by atoms with E-state index in [4.69, 9.17) is 4.74 Å². The van der Waals surface area contributed by atoms with Crippen molar-refractivity contribution in [2.45, 2.75) is 18.3 Å². The largest absolute Gasteiger partial charge is 0.385 e. The second-order valence-electron chi connectivity index (χ2n) is 4.49. The molecule has 1 aliphatic rings. The average molecular weight is 284 g/mol. The van der Waals surface area contributed by atoms with E-state index < -0.39 is 0 Å². The maximum atomic E-state index is 5.14. The molecule has 16 heavy (non-hydrogen) atoms. The number of benzene rings is 1. The van der Waals surface area contributed by atoms with E-state index >= 15 is 0 Å². The first-order valence-electron chi connectivity index (χ1n) is 5.73. The predicted molar refractivity (Wildman–Crippen MR) is 69.8 cm³/mol. The van der Waals surface area contributed by atoms with Crippen LogP contribution in [0.3, 0.4) is 0 Å². The molecule has 2 nitrogen and oxygen atoms in total. The fraction of sp³-hybridized carbons (Fsp3) is 0.538. The van der Waals surface area contributed by atoms with Gasteiger partial charge in [0, 0.05) is 36.7 Å². The Labute approximate surface area is 106 Å². The lowest BCUT2D eigenvalue weighted by molar-refractivity contribution is 0.168. The minimum Gasteiger partial charge on any atom is -0.385 e. The summed E-state index contributed by atoms with van der Waals surface area (Å²) in [6.07, 6.45) is 2.33. The normalized spacial score (nSPS) is 18.1. The number of methoxy groups -OCH3 is 1. The lowest BCUT2D eigenvalue weighted by Crippen LogP contribution is -2.56. The van der Waals surface area contributed by atoms with Crippen molar-refractivity contribution in [3.8, 4) is 0 Å². The summed E-state index contributed by atoms with van der Waals surface area (Å²) >= 11 is 3.54. The fourth-order valence-electron chi connectivity index (χ4n) is 2.33. The molecule has 0 amide bonds. The summed E-state index contributed by atoms with van der Waals surface area (Å²) in [5.41, 5.74) is 1.78.